The Bertz CT molecular complexity index is 310. The van der Waals surface area contributed by atoms with E-state index in [1.807, 2.05) is 0 Å². The normalized spacial score (nSPS) is 10.5. The van der Waals surface area contributed by atoms with Gasteiger partial charge in [-0.1, -0.05) is 0 Å². The zero-order valence-electron chi connectivity index (χ0n) is 10.1. The van der Waals surface area contributed by atoms with Gasteiger partial charge in [0.2, 0.25) is 5.88 Å². The third kappa shape index (κ3) is 5.58. The second kappa shape index (κ2) is 8.86. The van der Waals surface area contributed by atoms with E-state index in [4.69, 9.17) is 19.9 Å². The van der Waals surface area contributed by atoms with E-state index in [9.17, 15) is 0 Å². The van der Waals surface area contributed by atoms with Crippen molar-refractivity contribution in [3.05, 3.63) is 18.1 Å². The predicted octanol–water partition coefficient (Wildman–Crippen LogP) is 0.367. The molecular weight excluding hydrogens is 222 g/mol. The van der Waals surface area contributed by atoms with Gasteiger partial charge in [0.15, 0.2) is 0 Å². The van der Waals surface area contributed by atoms with E-state index in [1.165, 1.54) is 0 Å². The van der Waals surface area contributed by atoms with Crippen molar-refractivity contribution >= 4 is 0 Å². The Morgan fingerprint density at radius 1 is 1.12 bits per heavy atom. The molecule has 0 spiro atoms. The molecular formula is C11H19N3O3. The van der Waals surface area contributed by atoms with Crippen molar-refractivity contribution in [2.24, 2.45) is 5.73 Å². The minimum Gasteiger partial charge on any atom is -0.474 e. The molecule has 0 bridgehead atoms. The van der Waals surface area contributed by atoms with Crippen molar-refractivity contribution < 1.29 is 14.2 Å². The number of hydrogen-bond acceptors (Lipinski definition) is 6. The highest BCUT2D eigenvalue weighted by molar-refractivity contribution is 5.16. The van der Waals surface area contributed by atoms with Crippen molar-refractivity contribution in [3.63, 3.8) is 0 Å². The highest BCUT2D eigenvalue weighted by Crippen LogP contribution is 2.09. The summed E-state index contributed by atoms with van der Waals surface area (Å²) in [5.74, 6) is 0.482. The van der Waals surface area contributed by atoms with Gasteiger partial charge >= 0.3 is 0 Å². The van der Waals surface area contributed by atoms with Gasteiger partial charge in [0, 0.05) is 39.3 Å². The average Bonchev–Trinajstić information content (AvgIpc) is 2.38. The molecule has 0 fully saturated rings. The molecule has 0 aliphatic rings. The quantitative estimate of drug-likeness (QED) is 0.629. The van der Waals surface area contributed by atoms with Crippen LogP contribution in [0.25, 0.3) is 0 Å². The summed E-state index contributed by atoms with van der Waals surface area (Å²) >= 11 is 0. The van der Waals surface area contributed by atoms with Gasteiger partial charge in [-0.3, -0.25) is 4.98 Å². The minimum absolute atomic E-state index is 0.317. The van der Waals surface area contributed by atoms with Gasteiger partial charge in [-0.2, -0.15) is 0 Å². The van der Waals surface area contributed by atoms with Gasteiger partial charge in [-0.05, 0) is 6.42 Å². The van der Waals surface area contributed by atoms with E-state index in [0.29, 0.717) is 44.5 Å². The Morgan fingerprint density at radius 3 is 2.71 bits per heavy atom. The van der Waals surface area contributed by atoms with Crippen LogP contribution >= 0.6 is 0 Å². The van der Waals surface area contributed by atoms with Crippen LogP contribution in [0.15, 0.2) is 12.4 Å². The molecule has 0 unspecified atom stereocenters. The van der Waals surface area contributed by atoms with Crippen molar-refractivity contribution in [2.75, 3.05) is 33.5 Å². The standard InChI is InChI=1S/C11H19N3O3/c1-15-5-2-6-16-7-8-17-11-10(9-12)13-3-4-14-11/h3-4H,2,5-9,12H2,1H3. The van der Waals surface area contributed by atoms with Gasteiger partial charge in [0.1, 0.15) is 12.3 Å². The lowest BCUT2D eigenvalue weighted by Crippen LogP contribution is -2.12. The second-order valence-electron chi connectivity index (χ2n) is 3.32. The summed E-state index contributed by atoms with van der Waals surface area (Å²) in [5.41, 5.74) is 6.17. The molecule has 1 aromatic rings. The zero-order chi connectivity index (χ0) is 12.3. The molecule has 96 valence electrons. The molecule has 0 saturated carbocycles. The van der Waals surface area contributed by atoms with Crippen molar-refractivity contribution in [3.8, 4) is 5.88 Å². The largest absolute Gasteiger partial charge is 0.474 e. The Morgan fingerprint density at radius 2 is 1.94 bits per heavy atom. The first-order valence-corrected chi connectivity index (χ1v) is 5.58. The van der Waals surface area contributed by atoms with Crippen molar-refractivity contribution in [1.82, 2.24) is 9.97 Å². The van der Waals surface area contributed by atoms with E-state index in [0.717, 1.165) is 6.42 Å². The number of nitrogens with zero attached hydrogens (tertiary/aromatic N) is 2. The summed E-state index contributed by atoms with van der Waals surface area (Å²) in [4.78, 5) is 8.12. The van der Waals surface area contributed by atoms with E-state index < -0.39 is 0 Å². The fourth-order valence-electron chi connectivity index (χ4n) is 1.22. The van der Waals surface area contributed by atoms with Crippen LogP contribution in [-0.2, 0) is 16.0 Å². The third-order valence-corrected chi connectivity index (χ3v) is 2.03. The molecule has 0 aliphatic carbocycles. The van der Waals surface area contributed by atoms with Crippen LogP contribution in [0.4, 0.5) is 0 Å². The molecule has 1 heterocycles. The topological polar surface area (TPSA) is 79.5 Å². The van der Waals surface area contributed by atoms with Gasteiger partial charge in [0.25, 0.3) is 0 Å². The molecule has 6 heteroatoms. The molecule has 0 aliphatic heterocycles. The summed E-state index contributed by atoms with van der Waals surface area (Å²) < 4.78 is 15.7. The maximum Gasteiger partial charge on any atom is 0.237 e. The van der Waals surface area contributed by atoms with Crippen LogP contribution in [0.5, 0.6) is 5.88 Å². The second-order valence-corrected chi connectivity index (χ2v) is 3.32. The van der Waals surface area contributed by atoms with E-state index >= 15 is 0 Å². The van der Waals surface area contributed by atoms with Crippen LogP contribution in [0.2, 0.25) is 0 Å². The maximum absolute atomic E-state index is 5.51. The van der Waals surface area contributed by atoms with Gasteiger partial charge < -0.3 is 19.9 Å². The number of rotatable bonds is 9. The first-order valence-electron chi connectivity index (χ1n) is 5.58. The minimum atomic E-state index is 0.317. The summed E-state index contributed by atoms with van der Waals surface area (Å²) in [7, 11) is 1.67. The summed E-state index contributed by atoms with van der Waals surface area (Å²) in [6.07, 6.45) is 4.06. The summed E-state index contributed by atoms with van der Waals surface area (Å²) in [6.45, 7) is 2.66. The molecule has 17 heavy (non-hydrogen) atoms. The molecule has 0 atom stereocenters. The summed E-state index contributed by atoms with van der Waals surface area (Å²) in [5, 5.41) is 0. The lowest BCUT2D eigenvalue weighted by atomic mass is 10.4. The van der Waals surface area contributed by atoms with Crippen LogP contribution in [0, 0.1) is 0 Å². The average molecular weight is 241 g/mol. The fraction of sp³-hybridized carbons (Fsp3) is 0.636. The number of aromatic nitrogens is 2. The molecule has 2 N–H and O–H groups in total. The summed E-state index contributed by atoms with van der Waals surface area (Å²) in [6, 6.07) is 0. The van der Waals surface area contributed by atoms with E-state index in [2.05, 4.69) is 9.97 Å². The molecule has 1 aromatic heterocycles. The van der Waals surface area contributed by atoms with E-state index in [-0.39, 0.29) is 0 Å². The molecule has 1 rings (SSSR count). The first kappa shape index (κ1) is 13.8. The Kier molecular flexibility index (Phi) is 7.20. The molecule has 0 saturated heterocycles. The highest BCUT2D eigenvalue weighted by Gasteiger charge is 2.03. The smallest absolute Gasteiger partial charge is 0.237 e. The number of methoxy groups -OCH3 is 1. The molecule has 0 amide bonds. The zero-order valence-corrected chi connectivity index (χ0v) is 10.1. The lowest BCUT2D eigenvalue weighted by Gasteiger charge is -2.08. The lowest BCUT2D eigenvalue weighted by molar-refractivity contribution is 0.0792. The fourth-order valence-corrected chi connectivity index (χ4v) is 1.22. The van der Waals surface area contributed by atoms with Gasteiger partial charge in [-0.25, -0.2) is 4.98 Å². The predicted molar refractivity (Wildman–Crippen MR) is 62.7 cm³/mol. The van der Waals surface area contributed by atoms with Crippen molar-refractivity contribution in [2.45, 2.75) is 13.0 Å². The third-order valence-electron chi connectivity index (χ3n) is 2.03. The van der Waals surface area contributed by atoms with Gasteiger partial charge in [-0.15, -0.1) is 0 Å². The Balaban J connectivity index is 2.13. The highest BCUT2D eigenvalue weighted by atomic mass is 16.5. The van der Waals surface area contributed by atoms with Crippen LogP contribution in [0.1, 0.15) is 12.1 Å². The van der Waals surface area contributed by atoms with Crippen LogP contribution in [-0.4, -0.2) is 43.5 Å². The monoisotopic (exact) mass is 241 g/mol. The number of ether oxygens (including phenoxy) is 3. The Hall–Kier alpha value is -1.24. The van der Waals surface area contributed by atoms with E-state index in [1.54, 1.807) is 19.5 Å². The maximum atomic E-state index is 5.51. The number of nitrogens with two attached hydrogens (primary N) is 1. The van der Waals surface area contributed by atoms with Crippen LogP contribution in [0.3, 0.4) is 0 Å². The Labute approximate surface area is 101 Å². The molecule has 0 aromatic carbocycles. The van der Waals surface area contributed by atoms with Crippen molar-refractivity contribution in [1.29, 1.82) is 0 Å². The van der Waals surface area contributed by atoms with Crippen LogP contribution < -0.4 is 10.5 Å². The number of hydrogen-bond donors (Lipinski definition) is 1. The molecule has 0 radical (unpaired) electrons. The first-order chi connectivity index (χ1) is 8.38. The molecule has 6 nitrogen and oxygen atoms in total. The van der Waals surface area contributed by atoms with Gasteiger partial charge in [0.05, 0.1) is 6.61 Å². The SMILES string of the molecule is COCCCOCCOc1nccnc1CN.